The number of nitrogens with zero attached hydrogens (tertiary/aromatic N) is 5. The SMILES string of the molecule is CC(CCC(=O)NC=O)N1Cc2c(cccc2N2CCC(CCOc3ccc(/C=C/c4[nH]c(C5CCCN5C)cc4C=NC=O)cn3)CC2)C1=O. The third kappa shape index (κ3) is 8.62. The lowest BCUT2D eigenvalue weighted by Crippen LogP contribution is -2.35. The summed E-state index contributed by atoms with van der Waals surface area (Å²) in [5.74, 6) is 0.808. The van der Waals surface area contributed by atoms with Crippen molar-refractivity contribution in [3.8, 4) is 5.88 Å². The molecule has 1 aromatic carbocycles. The highest BCUT2D eigenvalue weighted by molar-refractivity contribution is 6.00. The molecule has 0 saturated carbocycles. The average molecular weight is 694 g/mol. The van der Waals surface area contributed by atoms with Gasteiger partial charge in [0, 0.05) is 90.4 Å². The monoisotopic (exact) mass is 693 g/mol. The number of benzene rings is 1. The average Bonchev–Trinajstić information content (AvgIpc) is 3.86. The normalized spacial score (nSPS) is 18.9. The topological polar surface area (TPSA) is 140 Å². The first-order valence-corrected chi connectivity index (χ1v) is 17.9. The van der Waals surface area contributed by atoms with E-state index in [4.69, 9.17) is 4.74 Å². The minimum absolute atomic E-state index is 0.00287. The molecule has 0 bridgehead atoms. The molecule has 3 aromatic rings. The summed E-state index contributed by atoms with van der Waals surface area (Å²) in [6, 6.07) is 12.1. The molecule has 3 aliphatic heterocycles. The fourth-order valence-corrected chi connectivity index (χ4v) is 7.52. The number of imide groups is 1. The lowest BCUT2D eigenvalue weighted by Gasteiger charge is -2.34. The number of aliphatic imine (C=N–C) groups is 1. The fourth-order valence-electron chi connectivity index (χ4n) is 7.52. The number of aromatic nitrogens is 2. The molecule has 2 unspecified atom stereocenters. The minimum atomic E-state index is -0.332. The van der Waals surface area contributed by atoms with Crippen molar-refractivity contribution in [2.24, 2.45) is 10.9 Å². The number of piperidine rings is 1. The van der Waals surface area contributed by atoms with E-state index in [1.165, 1.54) is 6.42 Å². The van der Waals surface area contributed by atoms with E-state index < -0.39 is 0 Å². The van der Waals surface area contributed by atoms with E-state index in [-0.39, 0.29) is 24.3 Å². The van der Waals surface area contributed by atoms with Gasteiger partial charge >= 0.3 is 0 Å². The number of pyridine rings is 1. The van der Waals surface area contributed by atoms with Crippen LogP contribution >= 0.6 is 0 Å². The number of nitrogens with one attached hydrogen (secondary N) is 2. The Bertz CT molecular complexity index is 1760. The largest absolute Gasteiger partial charge is 0.478 e. The molecule has 2 N–H and O–H groups in total. The smallest absolute Gasteiger partial charge is 0.254 e. The number of H-pyrrole nitrogens is 1. The Labute approximate surface area is 299 Å². The van der Waals surface area contributed by atoms with Crippen LogP contribution in [0.4, 0.5) is 5.69 Å². The van der Waals surface area contributed by atoms with Crippen LogP contribution in [0, 0.1) is 5.92 Å². The first-order chi connectivity index (χ1) is 24.8. The van der Waals surface area contributed by atoms with E-state index in [2.05, 4.69) is 49.3 Å². The summed E-state index contributed by atoms with van der Waals surface area (Å²) in [4.78, 5) is 64.8. The van der Waals surface area contributed by atoms with Crippen molar-refractivity contribution < 1.29 is 23.9 Å². The highest BCUT2D eigenvalue weighted by Crippen LogP contribution is 2.36. The van der Waals surface area contributed by atoms with Crippen LogP contribution in [0.5, 0.6) is 5.88 Å². The number of hydrogen-bond donors (Lipinski definition) is 2. The standard InChI is InChI=1S/C39H47N7O5/c1-27(8-12-37(49)42-26-48)46-24-32-31(39(46)50)5-3-6-35(32)45-18-14-28(15-19-45)16-20-51-38-13-10-29(22-41-38)9-11-33-30(23-40-25-47)21-34(43-33)36-7-4-17-44(36)2/h3,5-6,9-11,13,21-23,25-28,36,43H,4,7-8,12,14-20,24H2,1-2H3,(H,42,48,49)/b11-9+,40-23?. The zero-order valence-corrected chi connectivity index (χ0v) is 29.4. The first-order valence-electron chi connectivity index (χ1n) is 17.9. The van der Waals surface area contributed by atoms with Gasteiger partial charge in [-0.2, -0.15) is 0 Å². The van der Waals surface area contributed by atoms with Gasteiger partial charge in [-0.1, -0.05) is 12.1 Å². The van der Waals surface area contributed by atoms with Gasteiger partial charge in [-0.05, 0) is 101 Å². The number of fused-ring (bicyclic) bond motifs is 1. The van der Waals surface area contributed by atoms with Gasteiger partial charge in [0.1, 0.15) is 0 Å². The van der Waals surface area contributed by atoms with Crippen LogP contribution in [-0.4, -0.2) is 89.9 Å². The van der Waals surface area contributed by atoms with Crippen LogP contribution in [-0.2, 0) is 20.9 Å². The number of aromatic amines is 1. The van der Waals surface area contributed by atoms with E-state index in [1.54, 1.807) is 12.4 Å². The van der Waals surface area contributed by atoms with Gasteiger partial charge in [-0.25, -0.2) is 9.98 Å². The second kappa shape index (κ2) is 16.7. The lowest BCUT2D eigenvalue weighted by atomic mass is 9.93. The first kappa shape index (κ1) is 35.7. The van der Waals surface area contributed by atoms with Gasteiger partial charge in [-0.15, -0.1) is 0 Å². The number of carbonyl (C=O) groups excluding carboxylic acids is 4. The van der Waals surface area contributed by atoms with E-state index in [0.29, 0.717) is 50.2 Å². The Morgan fingerprint density at radius 3 is 2.71 bits per heavy atom. The summed E-state index contributed by atoms with van der Waals surface area (Å²) in [5, 5.41) is 2.17. The molecule has 5 heterocycles. The maximum atomic E-state index is 13.2. The van der Waals surface area contributed by atoms with Gasteiger partial charge < -0.3 is 19.5 Å². The number of anilines is 1. The summed E-state index contributed by atoms with van der Waals surface area (Å²) >= 11 is 0. The lowest BCUT2D eigenvalue weighted by molar-refractivity contribution is -0.125. The molecule has 12 heteroatoms. The summed E-state index contributed by atoms with van der Waals surface area (Å²) in [6.45, 7) is 5.98. The van der Waals surface area contributed by atoms with Crippen molar-refractivity contribution in [3.63, 3.8) is 0 Å². The highest BCUT2D eigenvalue weighted by Gasteiger charge is 2.34. The molecule has 0 spiro atoms. The van der Waals surface area contributed by atoms with Crippen molar-refractivity contribution in [1.82, 2.24) is 25.1 Å². The Kier molecular flexibility index (Phi) is 11.7. The molecule has 6 rings (SSSR count). The Balaban J connectivity index is 0.969. The van der Waals surface area contributed by atoms with Crippen molar-refractivity contribution in [3.05, 3.63) is 76.2 Å². The number of rotatable bonds is 15. The zero-order chi connectivity index (χ0) is 35.7. The molecule has 4 amide bonds. The van der Waals surface area contributed by atoms with Crippen LogP contribution in [0.25, 0.3) is 12.2 Å². The predicted molar refractivity (Wildman–Crippen MR) is 196 cm³/mol. The number of amides is 4. The van der Waals surface area contributed by atoms with Crippen molar-refractivity contribution in [2.75, 3.05) is 38.2 Å². The number of ether oxygens (including phenoxy) is 1. The van der Waals surface area contributed by atoms with Gasteiger partial charge in [0.2, 0.25) is 24.6 Å². The molecule has 268 valence electrons. The third-order valence-electron chi connectivity index (χ3n) is 10.5. The van der Waals surface area contributed by atoms with E-state index in [0.717, 1.165) is 84.6 Å². The molecule has 51 heavy (non-hydrogen) atoms. The minimum Gasteiger partial charge on any atom is -0.478 e. The van der Waals surface area contributed by atoms with Gasteiger partial charge in [-0.3, -0.25) is 29.4 Å². The Morgan fingerprint density at radius 2 is 1.98 bits per heavy atom. The number of carbonyl (C=O) groups is 4. The summed E-state index contributed by atoms with van der Waals surface area (Å²) < 4.78 is 6.03. The maximum Gasteiger partial charge on any atom is 0.254 e. The zero-order valence-electron chi connectivity index (χ0n) is 29.4. The fraction of sp³-hybridized carbons (Fsp3) is 0.436. The van der Waals surface area contributed by atoms with E-state index >= 15 is 0 Å². The van der Waals surface area contributed by atoms with Crippen LogP contribution in [0.1, 0.15) is 96.3 Å². The second-order valence-corrected chi connectivity index (χ2v) is 13.8. The van der Waals surface area contributed by atoms with Crippen LogP contribution in [0.3, 0.4) is 0 Å². The van der Waals surface area contributed by atoms with Crippen LogP contribution in [0.15, 0.2) is 47.6 Å². The van der Waals surface area contributed by atoms with Crippen molar-refractivity contribution >= 4 is 48.7 Å². The number of hydrogen-bond acceptors (Lipinski definition) is 8. The van der Waals surface area contributed by atoms with Gasteiger partial charge in [0.25, 0.3) is 5.91 Å². The molecule has 12 nitrogen and oxygen atoms in total. The van der Waals surface area contributed by atoms with E-state index in [1.807, 2.05) is 48.2 Å². The molecule has 0 aliphatic carbocycles. The van der Waals surface area contributed by atoms with Crippen molar-refractivity contribution in [2.45, 2.75) is 70.5 Å². The molecular formula is C39H47N7O5. The van der Waals surface area contributed by atoms with Crippen LogP contribution < -0.4 is 15.0 Å². The Morgan fingerprint density at radius 1 is 1.14 bits per heavy atom. The molecular weight excluding hydrogens is 646 g/mol. The summed E-state index contributed by atoms with van der Waals surface area (Å²) in [6.07, 6.45) is 14.3. The quantitative estimate of drug-likeness (QED) is 0.167. The second-order valence-electron chi connectivity index (χ2n) is 13.8. The van der Waals surface area contributed by atoms with Crippen LogP contribution in [0.2, 0.25) is 0 Å². The molecule has 0 radical (unpaired) electrons. The van der Waals surface area contributed by atoms with Crippen molar-refractivity contribution in [1.29, 1.82) is 0 Å². The molecule has 2 saturated heterocycles. The molecule has 2 aromatic heterocycles. The summed E-state index contributed by atoms with van der Waals surface area (Å²) in [5.41, 5.74) is 6.76. The third-order valence-corrected chi connectivity index (χ3v) is 10.5. The maximum absolute atomic E-state index is 13.2. The predicted octanol–water partition coefficient (Wildman–Crippen LogP) is 5.00. The number of likely N-dealkylation sites (tertiary alicyclic amines) is 1. The highest BCUT2D eigenvalue weighted by atomic mass is 16.5. The Hall–Kier alpha value is -5.10. The van der Waals surface area contributed by atoms with E-state index in [9.17, 15) is 19.2 Å². The van der Waals surface area contributed by atoms with Gasteiger partial charge in [0.05, 0.1) is 6.61 Å². The van der Waals surface area contributed by atoms with Gasteiger partial charge in [0.15, 0.2) is 0 Å². The summed E-state index contributed by atoms with van der Waals surface area (Å²) in [7, 11) is 2.13. The molecule has 2 atom stereocenters. The molecule has 3 aliphatic rings. The molecule has 2 fully saturated rings.